The Morgan fingerprint density at radius 1 is 0.833 bits per heavy atom. The predicted octanol–water partition coefficient (Wildman–Crippen LogP) is 1.61. The molecule has 0 bridgehead atoms. The van der Waals surface area contributed by atoms with Gasteiger partial charge in [-0.15, -0.1) is 23.5 Å². The van der Waals surface area contributed by atoms with Gasteiger partial charge in [-0.1, -0.05) is 13.8 Å². The molecule has 0 spiro atoms. The fourth-order valence-corrected chi connectivity index (χ4v) is 4.66. The third kappa shape index (κ3) is 8.79. The molecule has 0 radical (unpaired) electrons. The van der Waals surface area contributed by atoms with Crippen molar-refractivity contribution in [2.24, 2.45) is 0 Å². The summed E-state index contributed by atoms with van der Waals surface area (Å²) in [5.74, 6) is -0.297. The molecule has 0 amide bonds. The number of carbonyl (C=O) groups is 3. The molecule has 0 aromatic rings. The minimum Gasteiger partial charge on any atom is -0.456 e. The van der Waals surface area contributed by atoms with Crippen molar-refractivity contribution < 1.29 is 33.7 Å². The van der Waals surface area contributed by atoms with Gasteiger partial charge in [-0.3, -0.25) is 14.4 Å². The quantitative estimate of drug-likeness (QED) is 0.324. The number of aliphatic hydroxyl groups is 1. The highest BCUT2D eigenvalue weighted by Gasteiger charge is 2.41. The van der Waals surface area contributed by atoms with Gasteiger partial charge in [-0.2, -0.15) is 0 Å². The summed E-state index contributed by atoms with van der Waals surface area (Å²) >= 11 is 3.05. The summed E-state index contributed by atoms with van der Waals surface area (Å²) in [6.45, 7) is 6.99. The molecule has 0 saturated carbocycles. The molecule has 0 aliphatic carbocycles. The van der Waals surface area contributed by atoms with Crippen molar-refractivity contribution in [1.29, 1.82) is 0 Å². The van der Waals surface area contributed by atoms with Crippen LogP contribution in [0.15, 0.2) is 0 Å². The Morgan fingerprint density at radius 2 is 1.25 bits per heavy atom. The lowest BCUT2D eigenvalue weighted by Gasteiger charge is -2.34. The van der Waals surface area contributed by atoms with Gasteiger partial charge in [-0.05, 0) is 11.5 Å². The summed E-state index contributed by atoms with van der Waals surface area (Å²) in [5.41, 5.74) is 0. The zero-order chi connectivity index (χ0) is 18.7. The van der Waals surface area contributed by atoms with Crippen LogP contribution >= 0.6 is 23.5 Å². The van der Waals surface area contributed by atoms with Gasteiger partial charge in [-0.25, -0.2) is 0 Å². The van der Waals surface area contributed by atoms with Crippen LogP contribution in [0.3, 0.4) is 0 Å². The van der Waals surface area contributed by atoms with E-state index in [9.17, 15) is 19.5 Å². The molecular weight excluding hydrogens is 356 g/mol. The number of aliphatic hydroxyl groups excluding tert-OH is 1. The first-order valence-corrected chi connectivity index (χ1v) is 9.72. The summed E-state index contributed by atoms with van der Waals surface area (Å²) in [6, 6.07) is 0. The van der Waals surface area contributed by atoms with Crippen LogP contribution in [0.25, 0.3) is 0 Å². The fourth-order valence-electron chi connectivity index (χ4n) is 2.00. The monoisotopic (exact) mass is 382 g/mol. The highest BCUT2D eigenvalue weighted by molar-refractivity contribution is 8.17. The van der Waals surface area contributed by atoms with Crippen LogP contribution in [0.4, 0.5) is 0 Å². The molecule has 9 heteroatoms. The molecule has 24 heavy (non-hydrogen) atoms. The van der Waals surface area contributed by atoms with Crippen molar-refractivity contribution in [2.45, 2.75) is 57.5 Å². The van der Waals surface area contributed by atoms with E-state index in [-0.39, 0.29) is 4.58 Å². The van der Waals surface area contributed by atoms with E-state index in [0.29, 0.717) is 0 Å². The molecule has 1 N–H and O–H groups in total. The maximum Gasteiger partial charge on any atom is 0.303 e. The average molecular weight is 383 g/mol. The molecule has 7 nitrogen and oxygen atoms in total. The average Bonchev–Trinajstić information content (AvgIpc) is 2.47. The lowest BCUT2D eigenvalue weighted by atomic mass is 10.1. The van der Waals surface area contributed by atoms with Crippen LogP contribution in [0.2, 0.25) is 0 Å². The van der Waals surface area contributed by atoms with E-state index in [1.807, 2.05) is 13.8 Å². The standard InChI is InChI=1S/C15H26O7S2/c1-6-23-15(24-7-2)14(22-11(5)19)13(21-10(4)18)12(8-16)20-9(3)17/h12-16H,6-8H2,1-5H3. The Bertz CT molecular complexity index is 411. The Balaban J connectivity index is 5.69. The van der Waals surface area contributed by atoms with Crippen molar-refractivity contribution in [3.63, 3.8) is 0 Å². The first-order chi connectivity index (χ1) is 11.3. The number of thioether (sulfide) groups is 2. The summed E-state index contributed by atoms with van der Waals surface area (Å²) < 4.78 is 15.5. The number of hydrogen-bond donors (Lipinski definition) is 1. The third-order valence-electron chi connectivity index (χ3n) is 2.72. The predicted molar refractivity (Wildman–Crippen MR) is 93.8 cm³/mol. The minimum absolute atomic E-state index is 0.238. The lowest BCUT2D eigenvalue weighted by molar-refractivity contribution is -0.184. The summed E-state index contributed by atoms with van der Waals surface area (Å²) in [6.07, 6.45) is -3.07. The number of esters is 3. The first-order valence-electron chi connectivity index (χ1n) is 7.62. The summed E-state index contributed by atoms with van der Waals surface area (Å²) in [7, 11) is 0. The van der Waals surface area contributed by atoms with E-state index < -0.39 is 42.8 Å². The zero-order valence-electron chi connectivity index (χ0n) is 14.6. The van der Waals surface area contributed by atoms with E-state index in [4.69, 9.17) is 14.2 Å². The van der Waals surface area contributed by atoms with Crippen LogP contribution in [-0.4, -0.2) is 64.0 Å². The molecule has 3 atom stereocenters. The van der Waals surface area contributed by atoms with Gasteiger partial charge in [0, 0.05) is 20.8 Å². The highest BCUT2D eigenvalue weighted by atomic mass is 32.2. The van der Waals surface area contributed by atoms with Crippen molar-refractivity contribution in [2.75, 3.05) is 18.1 Å². The van der Waals surface area contributed by atoms with Gasteiger partial charge in [0.25, 0.3) is 0 Å². The maximum absolute atomic E-state index is 11.5. The molecule has 0 saturated heterocycles. The van der Waals surface area contributed by atoms with Gasteiger partial charge < -0.3 is 19.3 Å². The largest absolute Gasteiger partial charge is 0.456 e. The van der Waals surface area contributed by atoms with Crippen molar-refractivity contribution in [3.05, 3.63) is 0 Å². The van der Waals surface area contributed by atoms with Gasteiger partial charge >= 0.3 is 17.9 Å². The number of rotatable bonds is 11. The normalized spacial score (nSPS) is 14.6. The molecule has 0 aliphatic rings. The van der Waals surface area contributed by atoms with E-state index in [2.05, 4.69) is 0 Å². The Kier molecular flexibility index (Phi) is 12.0. The highest BCUT2D eigenvalue weighted by Crippen LogP contribution is 2.32. The second-order valence-electron chi connectivity index (χ2n) is 4.76. The maximum atomic E-state index is 11.5. The van der Waals surface area contributed by atoms with E-state index in [1.165, 1.54) is 44.3 Å². The Hall–Kier alpha value is -0.930. The smallest absolute Gasteiger partial charge is 0.303 e. The van der Waals surface area contributed by atoms with Gasteiger partial charge in [0.15, 0.2) is 18.3 Å². The van der Waals surface area contributed by atoms with Crippen molar-refractivity contribution >= 4 is 41.4 Å². The molecule has 0 rings (SSSR count). The second kappa shape index (κ2) is 12.4. The zero-order valence-corrected chi connectivity index (χ0v) is 16.3. The molecule has 0 aromatic heterocycles. The third-order valence-corrected chi connectivity index (χ3v) is 5.40. The van der Waals surface area contributed by atoms with Gasteiger partial charge in [0.2, 0.25) is 0 Å². The fraction of sp³-hybridized carbons (Fsp3) is 0.800. The number of hydrogen-bond acceptors (Lipinski definition) is 9. The lowest BCUT2D eigenvalue weighted by Crippen LogP contribution is -2.50. The Labute approximate surface area is 151 Å². The van der Waals surface area contributed by atoms with Crippen LogP contribution < -0.4 is 0 Å². The SMILES string of the molecule is CCSC(SCC)C(OC(C)=O)C(OC(C)=O)C(CO)OC(C)=O. The molecule has 0 fully saturated rings. The van der Waals surface area contributed by atoms with Crippen LogP contribution in [0.5, 0.6) is 0 Å². The topological polar surface area (TPSA) is 99.1 Å². The molecule has 0 aliphatic heterocycles. The summed E-state index contributed by atoms with van der Waals surface area (Å²) in [4.78, 5) is 34.3. The molecule has 140 valence electrons. The molecule has 0 aromatic carbocycles. The minimum atomic E-state index is -1.12. The molecular formula is C15H26O7S2. The molecule has 3 unspecified atom stereocenters. The van der Waals surface area contributed by atoms with Crippen molar-refractivity contribution in [3.8, 4) is 0 Å². The Morgan fingerprint density at radius 3 is 1.58 bits per heavy atom. The van der Waals surface area contributed by atoms with Crippen LogP contribution in [-0.2, 0) is 28.6 Å². The first kappa shape index (κ1) is 23.1. The second-order valence-corrected chi connectivity index (χ2v) is 7.89. The van der Waals surface area contributed by atoms with E-state index in [0.717, 1.165) is 11.5 Å². The van der Waals surface area contributed by atoms with E-state index >= 15 is 0 Å². The van der Waals surface area contributed by atoms with Crippen LogP contribution in [0, 0.1) is 0 Å². The molecule has 0 heterocycles. The van der Waals surface area contributed by atoms with E-state index in [1.54, 1.807) is 0 Å². The van der Waals surface area contributed by atoms with Gasteiger partial charge in [0.05, 0.1) is 11.2 Å². The summed E-state index contributed by atoms with van der Waals surface area (Å²) in [5, 5.41) is 9.56. The van der Waals surface area contributed by atoms with Crippen molar-refractivity contribution in [1.82, 2.24) is 0 Å². The van der Waals surface area contributed by atoms with Crippen LogP contribution in [0.1, 0.15) is 34.6 Å². The number of carbonyl (C=O) groups excluding carboxylic acids is 3. The number of ether oxygens (including phenoxy) is 3. The van der Waals surface area contributed by atoms with Gasteiger partial charge in [0.1, 0.15) is 0 Å².